The number of benzene rings is 2. The SMILES string of the molecule is NNCC1(O)c2ccccc2CCc2ccccc21. The first-order chi connectivity index (χ1) is 9.25. The van der Waals surface area contributed by atoms with E-state index in [1.807, 2.05) is 36.4 Å². The molecule has 1 aliphatic rings. The van der Waals surface area contributed by atoms with Gasteiger partial charge in [-0.3, -0.25) is 11.3 Å². The van der Waals surface area contributed by atoms with Crippen LogP contribution in [0.4, 0.5) is 0 Å². The molecule has 0 unspecified atom stereocenters. The Kier molecular flexibility index (Phi) is 3.11. The number of rotatable bonds is 2. The second-order valence-corrected chi connectivity index (χ2v) is 5.06. The molecule has 0 bridgehead atoms. The quantitative estimate of drug-likeness (QED) is 0.562. The number of fused-ring (bicyclic) bond motifs is 2. The van der Waals surface area contributed by atoms with Crippen molar-refractivity contribution in [3.05, 3.63) is 70.8 Å². The Labute approximate surface area is 113 Å². The molecule has 4 N–H and O–H groups in total. The van der Waals surface area contributed by atoms with Crippen LogP contribution in [0.3, 0.4) is 0 Å². The lowest BCUT2D eigenvalue weighted by molar-refractivity contribution is 0.0796. The Morgan fingerprint density at radius 1 is 0.947 bits per heavy atom. The van der Waals surface area contributed by atoms with Crippen molar-refractivity contribution < 1.29 is 5.11 Å². The second-order valence-electron chi connectivity index (χ2n) is 5.06. The fraction of sp³-hybridized carbons (Fsp3) is 0.250. The van der Waals surface area contributed by atoms with E-state index in [0.717, 1.165) is 24.0 Å². The van der Waals surface area contributed by atoms with E-state index in [2.05, 4.69) is 17.6 Å². The average molecular weight is 254 g/mol. The molecule has 3 heteroatoms. The summed E-state index contributed by atoms with van der Waals surface area (Å²) in [6.45, 7) is 0.307. The predicted octanol–water partition coefficient (Wildman–Crippen LogP) is 1.48. The van der Waals surface area contributed by atoms with Gasteiger partial charge in [-0.1, -0.05) is 48.5 Å². The van der Waals surface area contributed by atoms with Crippen LogP contribution in [-0.2, 0) is 18.4 Å². The standard InChI is InChI=1S/C16H18N2O/c17-18-11-16(19)14-7-3-1-5-12(14)9-10-13-6-2-4-8-15(13)16/h1-8,18-19H,9-11,17H2. The number of hydrazine groups is 1. The van der Waals surface area contributed by atoms with Gasteiger partial charge in [-0.05, 0) is 35.1 Å². The summed E-state index contributed by atoms with van der Waals surface area (Å²) in [6.07, 6.45) is 1.89. The molecule has 0 radical (unpaired) electrons. The Morgan fingerprint density at radius 3 is 1.89 bits per heavy atom. The van der Waals surface area contributed by atoms with Crippen LogP contribution in [0.1, 0.15) is 22.3 Å². The minimum Gasteiger partial charge on any atom is -0.379 e. The highest BCUT2D eigenvalue weighted by atomic mass is 16.3. The Bertz CT molecular complexity index is 547. The van der Waals surface area contributed by atoms with E-state index in [4.69, 9.17) is 5.84 Å². The molecule has 2 aromatic rings. The number of nitrogens with two attached hydrogens (primary N) is 1. The first-order valence-corrected chi connectivity index (χ1v) is 6.58. The summed E-state index contributed by atoms with van der Waals surface area (Å²) >= 11 is 0. The molecule has 0 aliphatic heterocycles. The smallest absolute Gasteiger partial charge is 0.129 e. The molecule has 0 spiro atoms. The maximum Gasteiger partial charge on any atom is 0.129 e. The molecule has 2 aromatic carbocycles. The first kappa shape index (κ1) is 12.4. The summed E-state index contributed by atoms with van der Waals surface area (Å²) in [5, 5.41) is 11.2. The number of nitrogens with one attached hydrogen (secondary N) is 1. The molecule has 19 heavy (non-hydrogen) atoms. The largest absolute Gasteiger partial charge is 0.379 e. The molecule has 0 fully saturated rings. The lowest BCUT2D eigenvalue weighted by Gasteiger charge is -2.30. The van der Waals surface area contributed by atoms with Crippen molar-refractivity contribution in [3.8, 4) is 0 Å². The lowest BCUT2D eigenvalue weighted by Crippen LogP contribution is -2.42. The van der Waals surface area contributed by atoms with Crippen molar-refractivity contribution >= 4 is 0 Å². The minimum atomic E-state index is -1.06. The average Bonchev–Trinajstić information content (AvgIpc) is 2.57. The summed E-state index contributed by atoms with van der Waals surface area (Å²) in [5.74, 6) is 5.50. The van der Waals surface area contributed by atoms with Crippen LogP contribution in [0.5, 0.6) is 0 Å². The zero-order valence-corrected chi connectivity index (χ0v) is 10.8. The highest BCUT2D eigenvalue weighted by Gasteiger charge is 2.36. The van der Waals surface area contributed by atoms with Gasteiger partial charge in [0, 0.05) is 6.54 Å². The van der Waals surface area contributed by atoms with Gasteiger partial charge in [-0.25, -0.2) is 0 Å². The van der Waals surface area contributed by atoms with E-state index < -0.39 is 5.60 Å². The third-order valence-electron chi connectivity index (χ3n) is 3.95. The second kappa shape index (κ2) is 4.78. The summed E-state index contributed by atoms with van der Waals surface area (Å²) in [4.78, 5) is 0. The van der Waals surface area contributed by atoms with Crippen LogP contribution < -0.4 is 11.3 Å². The topological polar surface area (TPSA) is 58.3 Å². The van der Waals surface area contributed by atoms with Crippen molar-refractivity contribution in [2.45, 2.75) is 18.4 Å². The number of hydrogen-bond donors (Lipinski definition) is 3. The third-order valence-corrected chi connectivity index (χ3v) is 3.95. The van der Waals surface area contributed by atoms with Crippen LogP contribution in [0.15, 0.2) is 48.5 Å². The van der Waals surface area contributed by atoms with Crippen LogP contribution in [-0.4, -0.2) is 11.7 Å². The van der Waals surface area contributed by atoms with E-state index in [9.17, 15) is 5.11 Å². The van der Waals surface area contributed by atoms with Crippen molar-refractivity contribution in [3.63, 3.8) is 0 Å². The van der Waals surface area contributed by atoms with Crippen molar-refractivity contribution in [1.29, 1.82) is 0 Å². The zero-order valence-electron chi connectivity index (χ0n) is 10.8. The Balaban J connectivity index is 2.25. The molecule has 0 saturated heterocycles. The normalized spacial score (nSPS) is 16.3. The summed E-state index contributed by atoms with van der Waals surface area (Å²) < 4.78 is 0. The van der Waals surface area contributed by atoms with E-state index >= 15 is 0 Å². The maximum atomic E-state index is 11.2. The molecule has 0 aromatic heterocycles. The Hall–Kier alpha value is -1.68. The molecule has 0 amide bonds. The monoisotopic (exact) mass is 254 g/mol. The minimum absolute atomic E-state index is 0.307. The Morgan fingerprint density at radius 2 is 1.42 bits per heavy atom. The van der Waals surface area contributed by atoms with Crippen LogP contribution in [0.25, 0.3) is 0 Å². The molecule has 0 atom stereocenters. The highest BCUT2D eigenvalue weighted by molar-refractivity contribution is 5.47. The zero-order chi connectivity index (χ0) is 13.3. The molecule has 3 nitrogen and oxygen atoms in total. The maximum absolute atomic E-state index is 11.2. The first-order valence-electron chi connectivity index (χ1n) is 6.58. The fourth-order valence-electron chi connectivity index (χ4n) is 3.04. The van der Waals surface area contributed by atoms with Crippen LogP contribution in [0, 0.1) is 0 Å². The molecule has 3 rings (SSSR count). The molecular weight excluding hydrogens is 236 g/mol. The van der Waals surface area contributed by atoms with Gasteiger partial charge in [0.2, 0.25) is 0 Å². The molecule has 0 heterocycles. The van der Waals surface area contributed by atoms with E-state index in [-0.39, 0.29) is 0 Å². The highest BCUT2D eigenvalue weighted by Crippen LogP contribution is 2.37. The van der Waals surface area contributed by atoms with Crippen molar-refractivity contribution in [2.75, 3.05) is 6.54 Å². The van der Waals surface area contributed by atoms with Gasteiger partial charge >= 0.3 is 0 Å². The van der Waals surface area contributed by atoms with Crippen molar-refractivity contribution in [2.24, 2.45) is 5.84 Å². The van der Waals surface area contributed by atoms with Crippen molar-refractivity contribution in [1.82, 2.24) is 5.43 Å². The molecule has 98 valence electrons. The molecule has 1 aliphatic carbocycles. The van der Waals surface area contributed by atoms with Gasteiger partial charge in [0.05, 0.1) is 0 Å². The molecule has 0 saturated carbocycles. The van der Waals surface area contributed by atoms with Gasteiger partial charge < -0.3 is 5.11 Å². The summed E-state index contributed by atoms with van der Waals surface area (Å²) in [7, 11) is 0. The summed E-state index contributed by atoms with van der Waals surface area (Å²) in [6, 6.07) is 16.1. The number of aryl methyl sites for hydroxylation is 2. The van der Waals surface area contributed by atoms with Gasteiger partial charge in [0.25, 0.3) is 0 Å². The molecular formula is C16H18N2O. The summed E-state index contributed by atoms with van der Waals surface area (Å²) in [5.41, 5.74) is 5.88. The van der Waals surface area contributed by atoms with Crippen LogP contribution >= 0.6 is 0 Å². The van der Waals surface area contributed by atoms with E-state index in [1.54, 1.807) is 0 Å². The van der Waals surface area contributed by atoms with E-state index in [0.29, 0.717) is 6.54 Å². The van der Waals surface area contributed by atoms with Gasteiger partial charge in [-0.15, -0.1) is 0 Å². The van der Waals surface area contributed by atoms with Crippen LogP contribution in [0.2, 0.25) is 0 Å². The predicted molar refractivity (Wildman–Crippen MR) is 75.5 cm³/mol. The van der Waals surface area contributed by atoms with Gasteiger partial charge in [0.1, 0.15) is 5.60 Å². The lowest BCUT2D eigenvalue weighted by atomic mass is 9.83. The third kappa shape index (κ3) is 1.96. The van der Waals surface area contributed by atoms with E-state index in [1.165, 1.54) is 11.1 Å². The fourth-order valence-corrected chi connectivity index (χ4v) is 3.04. The number of hydrogen-bond acceptors (Lipinski definition) is 3. The number of aliphatic hydroxyl groups is 1. The van der Waals surface area contributed by atoms with Gasteiger partial charge in [0.15, 0.2) is 0 Å². The van der Waals surface area contributed by atoms with Gasteiger partial charge in [-0.2, -0.15) is 0 Å².